The second-order valence-electron chi connectivity index (χ2n) is 10.4. The minimum atomic E-state index is -4.99. The highest BCUT2D eigenvalue weighted by molar-refractivity contribution is 7.46. The lowest BCUT2D eigenvalue weighted by atomic mass is 9.40. The number of fused-ring (bicyclic) bond motifs is 5. The molecule has 3 fully saturated rings. The van der Waals surface area contributed by atoms with Gasteiger partial charge in [-0.2, -0.15) is 0 Å². The third-order valence-electron chi connectivity index (χ3n) is 8.88. The molecule has 4 aliphatic carbocycles. The van der Waals surface area contributed by atoms with Crippen LogP contribution in [0.2, 0.25) is 0 Å². The maximum atomic E-state index is 17.1. The average molecular weight is 472 g/mol. The zero-order valence-electron chi connectivity index (χ0n) is 18.3. The number of hydrogen-bond donors (Lipinski definition) is 4. The second-order valence-corrected chi connectivity index (χ2v) is 11.6. The van der Waals surface area contributed by atoms with Crippen molar-refractivity contribution in [1.82, 2.24) is 0 Å². The first kappa shape index (κ1) is 23.9. The van der Waals surface area contributed by atoms with Gasteiger partial charge in [-0.25, -0.2) is 8.96 Å². The number of Topliss-reactive ketones (excluding diaryl/α,β-unsaturated/α-hetero) is 1. The molecular weight excluding hydrogens is 442 g/mol. The van der Waals surface area contributed by atoms with Gasteiger partial charge < -0.3 is 20.0 Å². The molecule has 0 heterocycles. The number of phosphoric ester groups is 1. The standard InChI is InChI=1S/C22H30FO8P/c1-12-8-16-15-5-4-13-9-14(24)6-7-19(13,2)22(15,23)17(25)10-20(16,3)21(27,18(12)26)11-31-32(28,29)30/h6-7,9,12,15-17,25,27H,4-5,8,10-11H2,1-3H3,(H2,28,29,30)/t12-,15?,16?,17-,19-,20-,21-,22-/m0/s1. The Hall–Kier alpha value is -1.22. The molecule has 4 rings (SSSR count). The number of allylic oxidation sites excluding steroid dienone is 4. The minimum Gasteiger partial charge on any atom is -0.390 e. The monoisotopic (exact) mass is 472 g/mol. The van der Waals surface area contributed by atoms with E-state index in [-0.39, 0.29) is 18.6 Å². The summed E-state index contributed by atoms with van der Waals surface area (Å²) in [6.07, 6.45) is 3.39. The predicted molar refractivity (Wildman–Crippen MR) is 111 cm³/mol. The predicted octanol–water partition coefficient (Wildman–Crippen LogP) is 2.01. The van der Waals surface area contributed by atoms with Gasteiger partial charge in [0.15, 0.2) is 22.8 Å². The van der Waals surface area contributed by atoms with Crippen LogP contribution in [0.25, 0.3) is 0 Å². The number of carbonyl (C=O) groups is 2. The number of halogens is 1. The molecule has 0 aromatic carbocycles. The van der Waals surface area contributed by atoms with Gasteiger partial charge in [0.1, 0.15) is 0 Å². The number of hydrogen-bond acceptors (Lipinski definition) is 6. The smallest absolute Gasteiger partial charge is 0.390 e. The molecule has 0 aliphatic heterocycles. The van der Waals surface area contributed by atoms with E-state index in [1.807, 2.05) is 0 Å². The lowest BCUT2D eigenvalue weighted by Crippen LogP contribution is -2.74. The van der Waals surface area contributed by atoms with Gasteiger partial charge in [-0.3, -0.25) is 14.1 Å². The molecule has 0 bridgehead atoms. The fraction of sp³-hybridized carbons (Fsp3) is 0.727. The lowest BCUT2D eigenvalue weighted by molar-refractivity contribution is -0.254. The highest BCUT2D eigenvalue weighted by Crippen LogP contribution is 2.68. The summed E-state index contributed by atoms with van der Waals surface area (Å²) in [5.41, 5.74) is -6.39. The molecule has 4 aliphatic rings. The van der Waals surface area contributed by atoms with E-state index in [0.29, 0.717) is 18.4 Å². The Morgan fingerprint density at radius 3 is 2.53 bits per heavy atom. The van der Waals surface area contributed by atoms with Gasteiger partial charge in [0.2, 0.25) is 0 Å². The van der Waals surface area contributed by atoms with Crippen molar-refractivity contribution >= 4 is 19.4 Å². The summed E-state index contributed by atoms with van der Waals surface area (Å²) in [4.78, 5) is 43.3. The molecule has 0 saturated heterocycles. The first-order valence-corrected chi connectivity index (χ1v) is 12.4. The molecule has 178 valence electrons. The van der Waals surface area contributed by atoms with Crippen molar-refractivity contribution < 1.29 is 43.1 Å². The van der Waals surface area contributed by atoms with Gasteiger partial charge in [0.05, 0.1) is 12.7 Å². The van der Waals surface area contributed by atoms with Crippen LogP contribution >= 0.6 is 7.82 Å². The summed E-state index contributed by atoms with van der Waals surface area (Å²) < 4.78 is 33.0. The summed E-state index contributed by atoms with van der Waals surface area (Å²) in [5.74, 6) is -2.84. The Morgan fingerprint density at radius 1 is 1.25 bits per heavy atom. The van der Waals surface area contributed by atoms with E-state index in [1.165, 1.54) is 18.2 Å². The van der Waals surface area contributed by atoms with Crippen molar-refractivity contribution in [3.05, 3.63) is 23.8 Å². The molecule has 2 unspecified atom stereocenters. The number of ketones is 2. The highest BCUT2D eigenvalue weighted by atomic mass is 31.2. The van der Waals surface area contributed by atoms with E-state index in [0.717, 1.165) is 0 Å². The summed E-state index contributed by atoms with van der Waals surface area (Å²) in [6.45, 7) is 3.90. The molecule has 10 heteroatoms. The summed E-state index contributed by atoms with van der Waals surface area (Å²) in [7, 11) is -4.99. The molecule has 0 spiro atoms. The Bertz CT molecular complexity index is 973. The molecule has 0 aromatic heterocycles. The average Bonchev–Trinajstić information content (AvgIpc) is 2.69. The van der Waals surface area contributed by atoms with Gasteiger partial charge >= 0.3 is 7.82 Å². The Kier molecular flexibility index (Phi) is 5.34. The zero-order valence-corrected chi connectivity index (χ0v) is 19.2. The molecule has 8 nitrogen and oxygen atoms in total. The second kappa shape index (κ2) is 7.14. The third kappa shape index (κ3) is 3.02. The van der Waals surface area contributed by atoms with Crippen molar-refractivity contribution in [3.63, 3.8) is 0 Å². The number of rotatable bonds is 3. The van der Waals surface area contributed by atoms with Crippen LogP contribution in [0.5, 0.6) is 0 Å². The number of phosphoric acid groups is 1. The number of alkyl halides is 1. The SMILES string of the molecule is C[C@H]1CC2C3CCC4=CC(=O)C=C[C@]4(C)[C@@]3(F)[C@@H](O)C[C@]2(C)[C@](O)(COP(=O)(O)O)C1=O. The van der Waals surface area contributed by atoms with Crippen molar-refractivity contribution in [3.8, 4) is 0 Å². The van der Waals surface area contributed by atoms with E-state index in [9.17, 15) is 34.2 Å². The zero-order chi connectivity index (χ0) is 23.9. The number of carbonyl (C=O) groups excluding carboxylic acids is 2. The molecular formula is C22H30FO8P. The largest absolute Gasteiger partial charge is 0.469 e. The minimum absolute atomic E-state index is 0.226. The van der Waals surface area contributed by atoms with Crippen LogP contribution < -0.4 is 0 Å². The fourth-order valence-electron chi connectivity index (χ4n) is 7.06. The third-order valence-corrected chi connectivity index (χ3v) is 9.35. The van der Waals surface area contributed by atoms with E-state index in [1.54, 1.807) is 20.8 Å². The molecule has 0 aromatic rings. The molecule has 0 radical (unpaired) electrons. The van der Waals surface area contributed by atoms with E-state index in [4.69, 9.17) is 0 Å². The highest BCUT2D eigenvalue weighted by Gasteiger charge is 2.74. The Labute approximate surface area is 185 Å². The lowest BCUT2D eigenvalue weighted by Gasteiger charge is -2.66. The Morgan fingerprint density at radius 2 is 1.91 bits per heavy atom. The molecule has 4 N–H and O–H groups in total. The van der Waals surface area contributed by atoms with E-state index in [2.05, 4.69) is 4.52 Å². The quantitative estimate of drug-likeness (QED) is 0.457. The van der Waals surface area contributed by atoms with Gasteiger partial charge in [-0.15, -0.1) is 0 Å². The maximum Gasteiger partial charge on any atom is 0.469 e. The first-order chi connectivity index (χ1) is 14.6. The summed E-state index contributed by atoms with van der Waals surface area (Å²) >= 11 is 0. The summed E-state index contributed by atoms with van der Waals surface area (Å²) in [5, 5.41) is 22.7. The van der Waals surface area contributed by atoms with Crippen LogP contribution in [-0.2, 0) is 18.7 Å². The van der Waals surface area contributed by atoms with Gasteiger partial charge in [-0.1, -0.05) is 25.5 Å². The molecule has 0 amide bonds. The van der Waals surface area contributed by atoms with Gasteiger partial charge in [0.25, 0.3) is 0 Å². The van der Waals surface area contributed by atoms with Crippen molar-refractivity contribution in [2.24, 2.45) is 28.6 Å². The van der Waals surface area contributed by atoms with Crippen molar-refractivity contribution in [2.45, 2.75) is 63.8 Å². The van der Waals surface area contributed by atoms with Crippen LogP contribution in [0.1, 0.15) is 46.5 Å². The van der Waals surface area contributed by atoms with Gasteiger partial charge in [-0.05, 0) is 50.7 Å². The Balaban J connectivity index is 1.81. The van der Waals surface area contributed by atoms with Crippen LogP contribution in [-0.4, -0.2) is 55.5 Å². The normalized spacial score (nSPS) is 48.6. The first-order valence-electron chi connectivity index (χ1n) is 10.9. The van der Waals surface area contributed by atoms with Crippen LogP contribution in [0, 0.1) is 28.6 Å². The number of aliphatic hydroxyl groups is 2. The van der Waals surface area contributed by atoms with Crippen LogP contribution in [0.4, 0.5) is 4.39 Å². The van der Waals surface area contributed by atoms with Crippen molar-refractivity contribution in [2.75, 3.05) is 6.61 Å². The van der Waals surface area contributed by atoms with Crippen LogP contribution in [0.15, 0.2) is 23.8 Å². The van der Waals surface area contributed by atoms with E-state index >= 15 is 4.39 Å². The van der Waals surface area contributed by atoms with Crippen molar-refractivity contribution in [1.29, 1.82) is 0 Å². The van der Waals surface area contributed by atoms with Gasteiger partial charge in [0, 0.05) is 22.7 Å². The number of aliphatic hydroxyl groups excluding tert-OH is 1. The topological polar surface area (TPSA) is 141 Å². The van der Waals surface area contributed by atoms with Crippen LogP contribution in [0.3, 0.4) is 0 Å². The van der Waals surface area contributed by atoms with E-state index < -0.39 is 66.2 Å². The maximum absolute atomic E-state index is 17.1. The fourth-order valence-corrected chi connectivity index (χ4v) is 7.42. The summed E-state index contributed by atoms with van der Waals surface area (Å²) in [6, 6.07) is 0. The molecule has 8 atom stereocenters. The molecule has 3 saturated carbocycles. The molecule has 32 heavy (non-hydrogen) atoms.